The monoisotopic (exact) mass is 158 g/mol. The Bertz CT molecular complexity index is 127. The van der Waals surface area contributed by atoms with E-state index in [9.17, 15) is 4.79 Å². The quantitative estimate of drug-likeness (QED) is 0.631. The molecule has 0 spiro atoms. The van der Waals surface area contributed by atoms with Crippen molar-refractivity contribution < 1.29 is 4.79 Å². The third kappa shape index (κ3) is 7.33. The number of rotatable bonds is 4. The summed E-state index contributed by atoms with van der Waals surface area (Å²) in [5, 5.41) is 2.77. The highest BCUT2D eigenvalue weighted by Crippen LogP contribution is 2.00. The van der Waals surface area contributed by atoms with E-state index in [0.29, 0.717) is 13.0 Å². The van der Waals surface area contributed by atoms with Gasteiger partial charge in [-0.15, -0.1) is 0 Å². The Morgan fingerprint density at radius 2 is 2.09 bits per heavy atom. The molecule has 0 rings (SSSR count). The highest BCUT2D eigenvalue weighted by Gasteiger charge is 2.09. The van der Waals surface area contributed by atoms with Crippen molar-refractivity contribution in [3.8, 4) is 0 Å². The summed E-state index contributed by atoms with van der Waals surface area (Å²) in [5.74, 6) is 0.0919. The van der Waals surface area contributed by atoms with Crippen LogP contribution in [0.3, 0.4) is 0 Å². The zero-order valence-corrected chi connectivity index (χ0v) is 7.61. The van der Waals surface area contributed by atoms with Gasteiger partial charge < -0.3 is 11.1 Å². The van der Waals surface area contributed by atoms with E-state index in [2.05, 4.69) is 5.32 Å². The molecular formula is C8H18N2O. The van der Waals surface area contributed by atoms with E-state index in [1.165, 1.54) is 0 Å². The zero-order chi connectivity index (χ0) is 8.91. The first-order valence-electron chi connectivity index (χ1n) is 4.01. The predicted octanol–water partition coefficient (Wildman–Crippen LogP) is 0.640. The lowest BCUT2D eigenvalue weighted by Crippen LogP contribution is -2.37. The molecule has 0 unspecified atom stereocenters. The standard InChI is InChI=1S/C8H18N2O/c1-4-7(11)10-6-5-8(2,3)9/h4-6,9H2,1-3H3,(H,10,11). The van der Waals surface area contributed by atoms with E-state index in [1.807, 2.05) is 20.8 Å². The van der Waals surface area contributed by atoms with Crippen molar-refractivity contribution in [2.75, 3.05) is 6.54 Å². The van der Waals surface area contributed by atoms with Crippen molar-refractivity contribution >= 4 is 5.91 Å². The number of amides is 1. The van der Waals surface area contributed by atoms with Crippen LogP contribution in [0.25, 0.3) is 0 Å². The van der Waals surface area contributed by atoms with Gasteiger partial charge in [-0.3, -0.25) is 4.79 Å². The van der Waals surface area contributed by atoms with Crippen LogP contribution in [-0.4, -0.2) is 18.0 Å². The van der Waals surface area contributed by atoms with Crippen LogP contribution >= 0.6 is 0 Å². The number of hydrogen-bond acceptors (Lipinski definition) is 2. The van der Waals surface area contributed by atoms with Gasteiger partial charge in [0, 0.05) is 18.5 Å². The summed E-state index contributed by atoms with van der Waals surface area (Å²) in [7, 11) is 0. The maximum Gasteiger partial charge on any atom is 0.219 e. The molecule has 66 valence electrons. The van der Waals surface area contributed by atoms with Crippen LogP contribution in [-0.2, 0) is 4.79 Å². The molecule has 0 aromatic carbocycles. The number of nitrogens with one attached hydrogen (secondary N) is 1. The van der Waals surface area contributed by atoms with Gasteiger partial charge in [0.15, 0.2) is 0 Å². The number of carbonyl (C=O) groups is 1. The average molecular weight is 158 g/mol. The summed E-state index contributed by atoms with van der Waals surface area (Å²) in [6, 6.07) is 0. The van der Waals surface area contributed by atoms with E-state index < -0.39 is 0 Å². The van der Waals surface area contributed by atoms with Gasteiger partial charge in [-0.05, 0) is 20.3 Å². The van der Waals surface area contributed by atoms with E-state index in [-0.39, 0.29) is 11.4 Å². The Morgan fingerprint density at radius 1 is 1.55 bits per heavy atom. The number of hydrogen-bond donors (Lipinski definition) is 2. The lowest BCUT2D eigenvalue weighted by molar-refractivity contribution is -0.120. The summed E-state index contributed by atoms with van der Waals surface area (Å²) in [5.41, 5.74) is 5.53. The van der Waals surface area contributed by atoms with Gasteiger partial charge in [-0.25, -0.2) is 0 Å². The average Bonchev–Trinajstić information content (AvgIpc) is 1.85. The van der Waals surface area contributed by atoms with Crippen LogP contribution in [0.15, 0.2) is 0 Å². The molecule has 0 aromatic heterocycles. The number of carbonyl (C=O) groups excluding carboxylic acids is 1. The Balaban J connectivity index is 3.35. The molecule has 0 fully saturated rings. The fourth-order valence-electron chi connectivity index (χ4n) is 0.649. The molecule has 1 amide bonds. The van der Waals surface area contributed by atoms with E-state index in [1.54, 1.807) is 0 Å². The second-order valence-electron chi connectivity index (χ2n) is 3.44. The molecule has 0 aliphatic rings. The first-order valence-corrected chi connectivity index (χ1v) is 4.01. The molecule has 11 heavy (non-hydrogen) atoms. The van der Waals surface area contributed by atoms with Crippen molar-refractivity contribution in [1.82, 2.24) is 5.32 Å². The Labute approximate surface area is 68.3 Å². The van der Waals surface area contributed by atoms with E-state index in [4.69, 9.17) is 5.73 Å². The van der Waals surface area contributed by atoms with Gasteiger partial charge in [0.1, 0.15) is 0 Å². The van der Waals surface area contributed by atoms with Crippen molar-refractivity contribution in [3.63, 3.8) is 0 Å². The smallest absolute Gasteiger partial charge is 0.219 e. The molecule has 3 nitrogen and oxygen atoms in total. The lowest BCUT2D eigenvalue weighted by atomic mass is 10.0. The fourth-order valence-corrected chi connectivity index (χ4v) is 0.649. The molecule has 0 saturated carbocycles. The molecule has 0 aliphatic carbocycles. The van der Waals surface area contributed by atoms with Gasteiger partial charge in [0.2, 0.25) is 5.91 Å². The van der Waals surface area contributed by atoms with Crippen LogP contribution in [0.2, 0.25) is 0 Å². The molecule has 0 saturated heterocycles. The van der Waals surface area contributed by atoms with Crippen molar-refractivity contribution in [1.29, 1.82) is 0 Å². The summed E-state index contributed by atoms with van der Waals surface area (Å²) >= 11 is 0. The van der Waals surface area contributed by atoms with Crippen LogP contribution in [0.5, 0.6) is 0 Å². The highest BCUT2D eigenvalue weighted by atomic mass is 16.1. The molecule has 0 radical (unpaired) electrons. The number of nitrogens with two attached hydrogens (primary N) is 1. The highest BCUT2D eigenvalue weighted by molar-refractivity contribution is 5.75. The Kier molecular flexibility index (Phi) is 4.11. The van der Waals surface area contributed by atoms with Crippen molar-refractivity contribution in [2.24, 2.45) is 5.73 Å². The van der Waals surface area contributed by atoms with Gasteiger partial charge >= 0.3 is 0 Å². The summed E-state index contributed by atoms with van der Waals surface area (Å²) < 4.78 is 0. The first-order chi connectivity index (χ1) is 4.95. The maximum atomic E-state index is 10.7. The topological polar surface area (TPSA) is 55.1 Å². The third-order valence-electron chi connectivity index (χ3n) is 1.41. The van der Waals surface area contributed by atoms with Crippen LogP contribution < -0.4 is 11.1 Å². The minimum atomic E-state index is -0.180. The fraction of sp³-hybridized carbons (Fsp3) is 0.875. The van der Waals surface area contributed by atoms with Crippen LogP contribution in [0.4, 0.5) is 0 Å². The van der Waals surface area contributed by atoms with Gasteiger partial charge in [-0.2, -0.15) is 0 Å². The summed E-state index contributed by atoms with van der Waals surface area (Å²) in [4.78, 5) is 10.7. The van der Waals surface area contributed by atoms with Gasteiger partial charge in [0.25, 0.3) is 0 Å². The Morgan fingerprint density at radius 3 is 2.45 bits per heavy atom. The van der Waals surface area contributed by atoms with Crippen LogP contribution in [0, 0.1) is 0 Å². The SMILES string of the molecule is CCC(=O)NCCC(C)(C)N. The van der Waals surface area contributed by atoms with E-state index >= 15 is 0 Å². The normalized spacial score (nSPS) is 11.3. The molecule has 3 N–H and O–H groups in total. The third-order valence-corrected chi connectivity index (χ3v) is 1.41. The summed E-state index contributed by atoms with van der Waals surface area (Å²) in [6.45, 7) is 6.41. The van der Waals surface area contributed by atoms with Crippen molar-refractivity contribution in [3.05, 3.63) is 0 Å². The second-order valence-corrected chi connectivity index (χ2v) is 3.44. The minimum Gasteiger partial charge on any atom is -0.356 e. The lowest BCUT2D eigenvalue weighted by Gasteiger charge is -2.17. The molecule has 0 atom stereocenters. The maximum absolute atomic E-state index is 10.7. The predicted molar refractivity (Wildman–Crippen MR) is 46.2 cm³/mol. The second kappa shape index (κ2) is 4.34. The molecular weight excluding hydrogens is 140 g/mol. The summed E-state index contributed by atoms with van der Waals surface area (Å²) in [6.07, 6.45) is 1.36. The molecule has 3 heteroatoms. The largest absolute Gasteiger partial charge is 0.356 e. The van der Waals surface area contributed by atoms with Gasteiger partial charge in [-0.1, -0.05) is 6.92 Å². The molecule has 0 aliphatic heterocycles. The minimum absolute atomic E-state index is 0.0919. The first kappa shape index (κ1) is 10.4. The molecule has 0 aromatic rings. The van der Waals surface area contributed by atoms with Gasteiger partial charge in [0.05, 0.1) is 0 Å². The molecule has 0 bridgehead atoms. The van der Waals surface area contributed by atoms with E-state index in [0.717, 1.165) is 6.42 Å². The van der Waals surface area contributed by atoms with Crippen LogP contribution in [0.1, 0.15) is 33.6 Å². The molecule has 0 heterocycles. The van der Waals surface area contributed by atoms with Crippen molar-refractivity contribution in [2.45, 2.75) is 39.2 Å². The Hall–Kier alpha value is -0.570. The zero-order valence-electron chi connectivity index (χ0n) is 7.61.